The van der Waals surface area contributed by atoms with Gasteiger partial charge in [0.05, 0.1) is 12.5 Å². The number of amides is 1. The maximum Gasteiger partial charge on any atom is 0.224 e. The molecule has 0 bridgehead atoms. The highest BCUT2D eigenvalue weighted by molar-refractivity contribution is 5.78. The van der Waals surface area contributed by atoms with Gasteiger partial charge in [0.1, 0.15) is 0 Å². The number of carbonyl (C=O) groups is 1. The molecule has 4 nitrogen and oxygen atoms in total. The highest BCUT2D eigenvalue weighted by Crippen LogP contribution is 2.31. The van der Waals surface area contributed by atoms with Gasteiger partial charge in [0.2, 0.25) is 5.91 Å². The third kappa shape index (κ3) is 5.04. The summed E-state index contributed by atoms with van der Waals surface area (Å²) < 4.78 is 0. The van der Waals surface area contributed by atoms with E-state index in [4.69, 9.17) is 0 Å². The van der Waals surface area contributed by atoms with Crippen LogP contribution in [0.15, 0.2) is 42.5 Å². The Hall–Kier alpha value is -2.33. The number of hydrogen-bond donors (Lipinski definition) is 1. The number of fused-ring (bicyclic) bond motifs is 1. The van der Waals surface area contributed by atoms with Crippen molar-refractivity contribution in [3.05, 3.63) is 64.7 Å². The van der Waals surface area contributed by atoms with E-state index < -0.39 is 0 Å². The van der Waals surface area contributed by atoms with Gasteiger partial charge >= 0.3 is 0 Å². The molecule has 0 spiro atoms. The summed E-state index contributed by atoms with van der Waals surface area (Å²) in [7, 11) is 2.19. The number of rotatable bonds is 6. The number of likely N-dealkylation sites (tertiary alicyclic amines) is 1. The lowest BCUT2D eigenvalue weighted by atomic mass is 9.95. The van der Waals surface area contributed by atoms with Crippen LogP contribution in [0, 0.1) is 6.92 Å². The van der Waals surface area contributed by atoms with E-state index in [0.29, 0.717) is 13.0 Å². The van der Waals surface area contributed by atoms with Crippen molar-refractivity contribution in [1.82, 2.24) is 10.2 Å². The average Bonchev–Trinajstić information content (AvgIpc) is 2.75. The van der Waals surface area contributed by atoms with E-state index in [-0.39, 0.29) is 11.9 Å². The van der Waals surface area contributed by atoms with Crippen molar-refractivity contribution in [1.29, 1.82) is 0 Å². The zero-order valence-corrected chi connectivity index (χ0v) is 18.5. The quantitative estimate of drug-likeness (QED) is 0.780. The molecule has 0 unspecified atom stereocenters. The van der Waals surface area contributed by atoms with Crippen LogP contribution < -0.4 is 10.2 Å². The molecule has 2 aliphatic heterocycles. The first kappa shape index (κ1) is 20.9. The molecule has 2 aromatic carbocycles. The highest BCUT2D eigenvalue weighted by atomic mass is 16.1. The molecular formula is C26H35N3O. The molecule has 2 aliphatic rings. The molecule has 2 heterocycles. The molecule has 1 fully saturated rings. The molecule has 4 heteroatoms. The number of anilines is 1. The predicted molar refractivity (Wildman–Crippen MR) is 124 cm³/mol. The first-order valence-corrected chi connectivity index (χ1v) is 11.5. The zero-order chi connectivity index (χ0) is 20.9. The molecule has 1 amide bonds. The van der Waals surface area contributed by atoms with Gasteiger partial charge in [-0.15, -0.1) is 0 Å². The van der Waals surface area contributed by atoms with Gasteiger partial charge in [-0.25, -0.2) is 0 Å². The van der Waals surface area contributed by atoms with Crippen molar-refractivity contribution in [2.24, 2.45) is 0 Å². The molecule has 0 aliphatic carbocycles. The SMILES string of the molecule is Cc1cccc(CC(=O)NC[C@@H](c2ccc3c(c2)CCCN3C)N2CCCCC2)c1. The number of piperidine rings is 1. The molecule has 4 rings (SSSR count). The fraction of sp³-hybridized carbons (Fsp3) is 0.500. The molecule has 0 saturated carbocycles. The largest absolute Gasteiger partial charge is 0.374 e. The van der Waals surface area contributed by atoms with Gasteiger partial charge in [0.25, 0.3) is 0 Å². The molecule has 160 valence electrons. The molecule has 0 aromatic heterocycles. The van der Waals surface area contributed by atoms with Crippen molar-refractivity contribution >= 4 is 11.6 Å². The van der Waals surface area contributed by atoms with E-state index in [0.717, 1.165) is 31.6 Å². The molecule has 0 radical (unpaired) electrons. The van der Waals surface area contributed by atoms with Gasteiger partial charge in [-0.2, -0.15) is 0 Å². The Bertz CT molecular complexity index is 872. The maximum atomic E-state index is 12.7. The van der Waals surface area contributed by atoms with Crippen molar-refractivity contribution in [2.45, 2.75) is 51.5 Å². The second kappa shape index (κ2) is 9.65. The molecule has 1 saturated heterocycles. The number of hydrogen-bond acceptors (Lipinski definition) is 3. The molecule has 2 aromatic rings. The molecule has 1 atom stereocenters. The predicted octanol–water partition coefficient (Wildman–Crippen LogP) is 4.26. The number of nitrogens with zero attached hydrogens (tertiary/aromatic N) is 2. The van der Waals surface area contributed by atoms with Crippen LogP contribution in [0.4, 0.5) is 5.69 Å². The Labute approximate surface area is 181 Å². The van der Waals surface area contributed by atoms with E-state index in [1.165, 1.54) is 48.1 Å². The lowest BCUT2D eigenvalue weighted by molar-refractivity contribution is -0.120. The molecule has 1 N–H and O–H groups in total. The topological polar surface area (TPSA) is 35.6 Å². The second-order valence-corrected chi connectivity index (χ2v) is 9.00. The fourth-order valence-electron chi connectivity index (χ4n) is 4.98. The maximum absolute atomic E-state index is 12.7. The van der Waals surface area contributed by atoms with Crippen LogP contribution in [0.1, 0.15) is 54.0 Å². The van der Waals surface area contributed by atoms with E-state index in [9.17, 15) is 4.79 Å². The minimum atomic E-state index is 0.111. The van der Waals surface area contributed by atoms with E-state index in [1.807, 2.05) is 12.1 Å². The third-order valence-electron chi connectivity index (χ3n) is 6.61. The fourth-order valence-corrected chi connectivity index (χ4v) is 4.98. The average molecular weight is 406 g/mol. The van der Waals surface area contributed by atoms with Crippen LogP contribution in [0.3, 0.4) is 0 Å². The number of aryl methyl sites for hydroxylation is 2. The van der Waals surface area contributed by atoms with Gasteiger partial charge in [-0.05, 0) is 68.5 Å². The van der Waals surface area contributed by atoms with Crippen LogP contribution in [0.2, 0.25) is 0 Å². The first-order chi connectivity index (χ1) is 14.6. The molecular weight excluding hydrogens is 370 g/mol. The minimum absolute atomic E-state index is 0.111. The smallest absolute Gasteiger partial charge is 0.224 e. The number of carbonyl (C=O) groups excluding carboxylic acids is 1. The highest BCUT2D eigenvalue weighted by Gasteiger charge is 2.24. The summed E-state index contributed by atoms with van der Waals surface area (Å²) in [4.78, 5) is 17.6. The van der Waals surface area contributed by atoms with Crippen LogP contribution in [0.5, 0.6) is 0 Å². The van der Waals surface area contributed by atoms with Gasteiger partial charge in [0.15, 0.2) is 0 Å². The van der Waals surface area contributed by atoms with E-state index >= 15 is 0 Å². The van der Waals surface area contributed by atoms with E-state index in [2.05, 4.69) is 59.4 Å². The number of nitrogens with one attached hydrogen (secondary N) is 1. The Balaban J connectivity index is 1.48. The summed E-state index contributed by atoms with van der Waals surface area (Å²) >= 11 is 0. The van der Waals surface area contributed by atoms with Crippen LogP contribution in [-0.2, 0) is 17.6 Å². The van der Waals surface area contributed by atoms with E-state index in [1.54, 1.807) is 0 Å². The Kier molecular flexibility index (Phi) is 6.73. The monoisotopic (exact) mass is 405 g/mol. The summed E-state index contributed by atoms with van der Waals surface area (Å²) in [6, 6.07) is 15.5. The van der Waals surface area contributed by atoms with Gasteiger partial charge in [-0.3, -0.25) is 9.69 Å². The van der Waals surface area contributed by atoms with Crippen molar-refractivity contribution in [2.75, 3.05) is 38.1 Å². The Morgan fingerprint density at radius 1 is 1.03 bits per heavy atom. The van der Waals surface area contributed by atoms with Crippen molar-refractivity contribution < 1.29 is 4.79 Å². The van der Waals surface area contributed by atoms with Gasteiger partial charge in [0, 0.05) is 25.8 Å². The van der Waals surface area contributed by atoms with Crippen LogP contribution in [-0.4, -0.2) is 44.0 Å². The zero-order valence-electron chi connectivity index (χ0n) is 18.5. The van der Waals surface area contributed by atoms with Crippen molar-refractivity contribution in [3.8, 4) is 0 Å². The summed E-state index contributed by atoms with van der Waals surface area (Å²) in [5.41, 5.74) is 6.45. The van der Waals surface area contributed by atoms with Crippen molar-refractivity contribution in [3.63, 3.8) is 0 Å². The number of benzene rings is 2. The first-order valence-electron chi connectivity index (χ1n) is 11.5. The summed E-state index contributed by atoms with van der Waals surface area (Å²) in [6.07, 6.45) is 6.64. The summed E-state index contributed by atoms with van der Waals surface area (Å²) in [5.74, 6) is 0.111. The lowest BCUT2D eigenvalue weighted by Crippen LogP contribution is -2.41. The second-order valence-electron chi connectivity index (χ2n) is 9.00. The summed E-state index contributed by atoms with van der Waals surface area (Å²) in [6.45, 7) is 6.13. The Morgan fingerprint density at radius 2 is 1.87 bits per heavy atom. The lowest BCUT2D eigenvalue weighted by Gasteiger charge is -2.36. The molecule has 30 heavy (non-hydrogen) atoms. The van der Waals surface area contributed by atoms with Gasteiger partial charge in [-0.1, -0.05) is 48.4 Å². The Morgan fingerprint density at radius 3 is 2.67 bits per heavy atom. The normalized spacial score (nSPS) is 18.0. The summed E-state index contributed by atoms with van der Waals surface area (Å²) in [5, 5.41) is 3.24. The van der Waals surface area contributed by atoms with Crippen LogP contribution >= 0.6 is 0 Å². The minimum Gasteiger partial charge on any atom is -0.374 e. The van der Waals surface area contributed by atoms with Crippen LogP contribution in [0.25, 0.3) is 0 Å². The third-order valence-corrected chi connectivity index (χ3v) is 6.61. The van der Waals surface area contributed by atoms with Gasteiger partial charge < -0.3 is 10.2 Å². The standard InChI is InChI=1S/C26H35N3O/c1-20-8-6-9-21(16-20)17-26(30)27-19-25(29-14-4-3-5-15-29)23-11-12-24-22(18-23)10-7-13-28(24)2/h6,8-9,11-12,16,18,25H,3-5,7,10,13-15,17,19H2,1-2H3,(H,27,30)/t25-/m0/s1.